The minimum absolute atomic E-state index is 0.0192. The number of hydrogen-bond acceptors (Lipinski definition) is 1. The maximum absolute atomic E-state index is 12.2. The predicted octanol–water partition coefficient (Wildman–Crippen LogP) is 4.04. The number of halogens is 1. The van der Waals surface area contributed by atoms with Gasteiger partial charge in [-0.15, -0.1) is 0 Å². The molecule has 0 radical (unpaired) electrons. The van der Waals surface area contributed by atoms with E-state index in [2.05, 4.69) is 21.2 Å². The Bertz CT molecular complexity index is 593. The molecular weight excluding hydrogens is 314 g/mol. The molecule has 0 bridgehead atoms. The molecule has 0 aromatic heterocycles. The molecule has 2 nitrogen and oxygen atoms in total. The highest BCUT2D eigenvalue weighted by atomic mass is 79.9. The van der Waals surface area contributed by atoms with Crippen LogP contribution in [0.1, 0.15) is 25.0 Å². The van der Waals surface area contributed by atoms with Crippen molar-refractivity contribution in [1.82, 2.24) is 5.32 Å². The Morgan fingerprint density at radius 2 is 1.65 bits per heavy atom. The molecule has 20 heavy (non-hydrogen) atoms. The Morgan fingerprint density at radius 1 is 1.05 bits per heavy atom. The minimum atomic E-state index is -0.375. The molecule has 0 aliphatic carbocycles. The molecule has 1 amide bonds. The summed E-state index contributed by atoms with van der Waals surface area (Å²) < 4.78 is 0.965. The van der Waals surface area contributed by atoms with Gasteiger partial charge in [0.1, 0.15) is 0 Å². The summed E-state index contributed by atoms with van der Waals surface area (Å²) >= 11 is 3.47. The van der Waals surface area contributed by atoms with E-state index in [1.165, 1.54) is 0 Å². The van der Waals surface area contributed by atoms with Gasteiger partial charge in [0.2, 0.25) is 5.91 Å². The van der Waals surface area contributed by atoms with Crippen LogP contribution in [-0.2, 0) is 16.8 Å². The smallest absolute Gasteiger partial charge is 0.225 e. The van der Waals surface area contributed by atoms with Gasteiger partial charge in [-0.2, -0.15) is 0 Å². The van der Waals surface area contributed by atoms with Crippen molar-refractivity contribution in [3.8, 4) is 0 Å². The average Bonchev–Trinajstić information content (AvgIpc) is 2.42. The van der Waals surface area contributed by atoms with Crippen LogP contribution in [0.5, 0.6) is 0 Å². The zero-order valence-electron chi connectivity index (χ0n) is 11.7. The molecule has 3 heteroatoms. The van der Waals surface area contributed by atoms with Crippen molar-refractivity contribution in [2.24, 2.45) is 0 Å². The van der Waals surface area contributed by atoms with Crippen molar-refractivity contribution < 1.29 is 4.79 Å². The Balaban J connectivity index is 2.07. The Kier molecular flexibility index (Phi) is 4.61. The maximum atomic E-state index is 12.2. The van der Waals surface area contributed by atoms with Gasteiger partial charge in [-0.1, -0.05) is 64.5 Å². The molecule has 104 valence electrons. The summed E-state index contributed by atoms with van der Waals surface area (Å²) in [6, 6.07) is 17.8. The van der Waals surface area contributed by atoms with Crippen molar-refractivity contribution in [1.29, 1.82) is 0 Å². The van der Waals surface area contributed by atoms with Crippen LogP contribution in [0.15, 0.2) is 59.1 Å². The molecule has 2 aromatic rings. The molecule has 0 aliphatic rings. The van der Waals surface area contributed by atoms with Gasteiger partial charge in [-0.25, -0.2) is 0 Å². The number of benzene rings is 2. The van der Waals surface area contributed by atoms with Crippen molar-refractivity contribution >= 4 is 21.8 Å². The van der Waals surface area contributed by atoms with E-state index in [1.54, 1.807) is 0 Å². The molecule has 0 unspecified atom stereocenters. The maximum Gasteiger partial charge on any atom is 0.225 e. The number of rotatable bonds is 4. The number of carbonyl (C=O) groups excluding carboxylic acids is 1. The highest BCUT2D eigenvalue weighted by molar-refractivity contribution is 9.10. The van der Waals surface area contributed by atoms with E-state index in [-0.39, 0.29) is 11.4 Å². The lowest BCUT2D eigenvalue weighted by atomic mass is 9.94. The Morgan fingerprint density at radius 3 is 2.30 bits per heavy atom. The molecule has 0 fully saturated rings. The van der Waals surface area contributed by atoms with Gasteiger partial charge in [0.15, 0.2) is 0 Å². The SMILES string of the molecule is CC(C)(NC(=O)Cc1ccccc1Br)c1ccccc1. The third kappa shape index (κ3) is 3.70. The number of carbonyl (C=O) groups is 1. The lowest BCUT2D eigenvalue weighted by Crippen LogP contribution is -2.41. The molecule has 0 saturated carbocycles. The molecule has 0 atom stereocenters. The number of nitrogens with one attached hydrogen (secondary N) is 1. The second kappa shape index (κ2) is 6.23. The van der Waals surface area contributed by atoms with Crippen molar-refractivity contribution in [2.75, 3.05) is 0 Å². The first kappa shape index (κ1) is 14.8. The van der Waals surface area contributed by atoms with Gasteiger partial charge in [0.05, 0.1) is 12.0 Å². The summed E-state index contributed by atoms with van der Waals surface area (Å²) in [4.78, 5) is 12.2. The third-order valence-electron chi connectivity index (χ3n) is 3.26. The average molecular weight is 332 g/mol. The van der Waals surface area contributed by atoms with E-state index < -0.39 is 0 Å². The van der Waals surface area contributed by atoms with E-state index in [0.29, 0.717) is 6.42 Å². The summed E-state index contributed by atoms with van der Waals surface area (Å²) in [6.45, 7) is 4.03. The lowest BCUT2D eigenvalue weighted by Gasteiger charge is -2.27. The summed E-state index contributed by atoms with van der Waals surface area (Å²) in [6.07, 6.45) is 0.373. The van der Waals surface area contributed by atoms with E-state index in [0.717, 1.165) is 15.6 Å². The fourth-order valence-corrected chi connectivity index (χ4v) is 2.56. The summed E-state index contributed by atoms with van der Waals surface area (Å²) in [5, 5.41) is 3.09. The Hall–Kier alpha value is -1.61. The second-order valence-electron chi connectivity index (χ2n) is 5.31. The van der Waals surface area contributed by atoms with Crippen LogP contribution in [0.3, 0.4) is 0 Å². The van der Waals surface area contributed by atoms with Gasteiger partial charge in [0.25, 0.3) is 0 Å². The first-order valence-corrected chi connectivity index (χ1v) is 7.38. The second-order valence-corrected chi connectivity index (χ2v) is 6.16. The summed E-state index contributed by atoms with van der Waals surface area (Å²) in [7, 11) is 0. The van der Waals surface area contributed by atoms with Gasteiger partial charge in [-0.05, 0) is 31.0 Å². The first-order valence-electron chi connectivity index (χ1n) is 6.59. The van der Waals surface area contributed by atoms with Gasteiger partial charge in [0, 0.05) is 4.47 Å². The monoisotopic (exact) mass is 331 g/mol. The van der Waals surface area contributed by atoms with Crippen molar-refractivity contribution in [3.63, 3.8) is 0 Å². The van der Waals surface area contributed by atoms with E-state index in [9.17, 15) is 4.79 Å². The van der Waals surface area contributed by atoms with Crippen molar-refractivity contribution in [3.05, 3.63) is 70.2 Å². The molecule has 2 rings (SSSR count). The van der Waals surface area contributed by atoms with E-state index in [1.807, 2.05) is 68.4 Å². The van der Waals surface area contributed by atoms with Crippen LogP contribution in [0.25, 0.3) is 0 Å². The fraction of sp³-hybridized carbons (Fsp3) is 0.235. The summed E-state index contributed by atoms with van der Waals surface area (Å²) in [5.74, 6) is 0.0192. The standard InChI is InChI=1S/C17H18BrNO/c1-17(2,14-9-4-3-5-10-14)19-16(20)12-13-8-6-7-11-15(13)18/h3-11H,12H2,1-2H3,(H,19,20). The van der Waals surface area contributed by atoms with Crippen molar-refractivity contribution in [2.45, 2.75) is 25.8 Å². The topological polar surface area (TPSA) is 29.1 Å². The molecule has 0 aliphatic heterocycles. The zero-order chi connectivity index (χ0) is 14.6. The largest absolute Gasteiger partial charge is 0.347 e. The normalized spacial score (nSPS) is 11.2. The van der Waals surface area contributed by atoms with Crippen LogP contribution in [0.4, 0.5) is 0 Å². The molecule has 2 aromatic carbocycles. The number of amides is 1. The Labute approximate surface area is 128 Å². The van der Waals surface area contributed by atoms with Crippen LogP contribution in [-0.4, -0.2) is 5.91 Å². The molecule has 0 heterocycles. The molecule has 0 saturated heterocycles. The molecule has 1 N–H and O–H groups in total. The highest BCUT2D eigenvalue weighted by Gasteiger charge is 2.22. The predicted molar refractivity (Wildman–Crippen MR) is 85.5 cm³/mol. The number of hydrogen-bond donors (Lipinski definition) is 1. The lowest BCUT2D eigenvalue weighted by molar-refractivity contribution is -0.122. The van der Waals surface area contributed by atoms with Crippen LogP contribution >= 0.6 is 15.9 Å². The first-order chi connectivity index (χ1) is 9.49. The fourth-order valence-electron chi connectivity index (χ4n) is 2.13. The van der Waals surface area contributed by atoms with Crippen LogP contribution in [0, 0.1) is 0 Å². The van der Waals surface area contributed by atoms with Gasteiger partial charge >= 0.3 is 0 Å². The quantitative estimate of drug-likeness (QED) is 0.899. The molecular formula is C17H18BrNO. The molecule has 0 spiro atoms. The minimum Gasteiger partial charge on any atom is -0.347 e. The highest BCUT2D eigenvalue weighted by Crippen LogP contribution is 2.21. The van der Waals surface area contributed by atoms with Crippen LogP contribution < -0.4 is 5.32 Å². The van der Waals surface area contributed by atoms with Gasteiger partial charge in [-0.3, -0.25) is 4.79 Å². The van der Waals surface area contributed by atoms with E-state index >= 15 is 0 Å². The summed E-state index contributed by atoms with van der Waals surface area (Å²) in [5.41, 5.74) is 1.72. The van der Waals surface area contributed by atoms with Gasteiger partial charge < -0.3 is 5.32 Å². The van der Waals surface area contributed by atoms with E-state index in [4.69, 9.17) is 0 Å². The zero-order valence-corrected chi connectivity index (χ0v) is 13.3. The third-order valence-corrected chi connectivity index (χ3v) is 4.03. The van der Waals surface area contributed by atoms with Crippen LogP contribution in [0.2, 0.25) is 0 Å².